The fourth-order valence-electron chi connectivity index (χ4n) is 1.64. The highest BCUT2D eigenvalue weighted by Crippen LogP contribution is 2.24. The molecular formula is C12H18F2N2O2S. The predicted octanol–water partition coefficient (Wildman–Crippen LogP) is 1.57. The lowest BCUT2D eigenvalue weighted by Crippen LogP contribution is -2.40. The number of nitrogens with zero attached hydrogens (tertiary/aromatic N) is 1. The molecule has 4 nitrogen and oxygen atoms in total. The zero-order chi connectivity index (χ0) is 14.8. The molecule has 0 aromatic heterocycles. The number of rotatable bonds is 5. The Labute approximate surface area is 112 Å². The van der Waals surface area contributed by atoms with Crippen LogP contribution in [0.4, 0.5) is 8.78 Å². The summed E-state index contributed by atoms with van der Waals surface area (Å²) in [5.41, 5.74) is 5.04. The van der Waals surface area contributed by atoms with E-state index in [1.165, 1.54) is 7.05 Å². The molecule has 0 atom stereocenters. The molecule has 1 aromatic rings. The van der Waals surface area contributed by atoms with E-state index < -0.39 is 32.0 Å². The van der Waals surface area contributed by atoms with Crippen LogP contribution in [0.25, 0.3) is 0 Å². The smallest absolute Gasteiger partial charge is 0.248 e. The van der Waals surface area contributed by atoms with Crippen molar-refractivity contribution in [3.8, 4) is 0 Å². The Bertz CT molecular complexity index is 539. The summed E-state index contributed by atoms with van der Waals surface area (Å²) in [6.07, 6.45) is 0. The Morgan fingerprint density at radius 2 is 1.74 bits per heavy atom. The maximum Gasteiger partial charge on any atom is 0.248 e. The van der Waals surface area contributed by atoms with Crippen LogP contribution in [0.3, 0.4) is 0 Å². The zero-order valence-corrected chi connectivity index (χ0v) is 12.0. The van der Waals surface area contributed by atoms with Gasteiger partial charge in [-0.1, -0.05) is 19.9 Å². The van der Waals surface area contributed by atoms with E-state index in [2.05, 4.69) is 0 Å². The minimum atomic E-state index is -4.22. The minimum absolute atomic E-state index is 0.0691. The van der Waals surface area contributed by atoms with Gasteiger partial charge in [-0.2, -0.15) is 0 Å². The lowest BCUT2D eigenvalue weighted by molar-refractivity contribution is 0.290. The fraction of sp³-hybridized carbons (Fsp3) is 0.500. The third kappa shape index (κ3) is 3.49. The molecule has 0 amide bonds. The van der Waals surface area contributed by atoms with Gasteiger partial charge >= 0.3 is 0 Å². The Hall–Kier alpha value is -1.05. The average Bonchev–Trinajstić information content (AvgIpc) is 2.27. The molecule has 0 aliphatic rings. The van der Waals surface area contributed by atoms with Crippen LogP contribution in [0.15, 0.2) is 23.1 Å². The third-order valence-corrected chi connectivity index (χ3v) is 4.65. The molecule has 0 saturated heterocycles. The standard InChI is InChI=1S/C12H18F2N2O2S/c1-12(2,7-15)8-16(3)19(17,18)11-9(13)5-4-6-10(11)14/h4-6H,7-8,15H2,1-3H3. The van der Waals surface area contributed by atoms with Crippen LogP contribution < -0.4 is 5.73 Å². The minimum Gasteiger partial charge on any atom is -0.330 e. The number of hydrogen-bond acceptors (Lipinski definition) is 3. The monoisotopic (exact) mass is 292 g/mol. The first-order valence-electron chi connectivity index (χ1n) is 5.72. The van der Waals surface area contributed by atoms with Gasteiger partial charge < -0.3 is 5.73 Å². The largest absolute Gasteiger partial charge is 0.330 e. The number of nitrogens with two attached hydrogens (primary N) is 1. The van der Waals surface area contributed by atoms with Crippen molar-refractivity contribution in [1.29, 1.82) is 0 Å². The van der Waals surface area contributed by atoms with Crippen molar-refractivity contribution in [2.75, 3.05) is 20.1 Å². The molecule has 0 radical (unpaired) electrons. The SMILES string of the molecule is CN(CC(C)(C)CN)S(=O)(=O)c1c(F)cccc1F. The van der Waals surface area contributed by atoms with Crippen LogP contribution in [0, 0.1) is 17.0 Å². The highest BCUT2D eigenvalue weighted by atomic mass is 32.2. The van der Waals surface area contributed by atoms with Gasteiger partial charge in [-0.25, -0.2) is 21.5 Å². The molecule has 7 heteroatoms. The highest BCUT2D eigenvalue weighted by molar-refractivity contribution is 7.89. The molecule has 1 aromatic carbocycles. The molecule has 0 spiro atoms. The molecule has 0 saturated carbocycles. The van der Waals surface area contributed by atoms with Crippen molar-refractivity contribution in [3.63, 3.8) is 0 Å². The van der Waals surface area contributed by atoms with Crippen LogP contribution >= 0.6 is 0 Å². The summed E-state index contributed by atoms with van der Waals surface area (Å²) < 4.78 is 52.4. The molecule has 0 aliphatic carbocycles. The quantitative estimate of drug-likeness (QED) is 0.896. The normalized spacial score (nSPS) is 13.0. The van der Waals surface area contributed by atoms with Gasteiger partial charge in [0.05, 0.1) is 0 Å². The first-order chi connectivity index (χ1) is 8.62. The topological polar surface area (TPSA) is 63.4 Å². The highest BCUT2D eigenvalue weighted by Gasteiger charge is 2.31. The molecule has 1 rings (SSSR count). The number of halogens is 2. The number of benzene rings is 1. The van der Waals surface area contributed by atoms with Crippen LogP contribution in [0.1, 0.15) is 13.8 Å². The van der Waals surface area contributed by atoms with E-state index >= 15 is 0 Å². The summed E-state index contributed by atoms with van der Waals surface area (Å²) in [7, 11) is -2.94. The summed E-state index contributed by atoms with van der Waals surface area (Å²) in [4.78, 5) is -0.926. The molecular weight excluding hydrogens is 274 g/mol. The Morgan fingerprint density at radius 3 is 2.16 bits per heavy atom. The van der Waals surface area contributed by atoms with Gasteiger partial charge in [0.15, 0.2) is 4.90 Å². The summed E-state index contributed by atoms with van der Waals surface area (Å²) in [5, 5.41) is 0. The average molecular weight is 292 g/mol. The van der Waals surface area contributed by atoms with Crippen molar-refractivity contribution < 1.29 is 17.2 Å². The van der Waals surface area contributed by atoms with E-state index in [9.17, 15) is 17.2 Å². The van der Waals surface area contributed by atoms with Crippen LogP contribution in [0.2, 0.25) is 0 Å². The Kier molecular flexibility index (Phi) is 4.65. The van der Waals surface area contributed by atoms with Crippen molar-refractivity contribution >= 4 is 10.0 Å². The van der Waals surface area contributed by atoms with E-state index in [0.717, 1.165) is 22.5 Å². The molecule has 0 heterocycles. The summed E-state index contributed by atoms with van der Waals surface area (Å²) in [6.45, 7) is 3.87. The van der Waals surface area contributed by atoms with Gasteiger partial charge in [0.25, 0.3) is 0 Å². The summed E-state index contributed by atoms with van der Waals surface area (Å²) >= 11 is 0. The van der Waals surface area contributed by atoms with E-state index in [0.29, 0.717) is 0 Å². The summed E-state index contributed by atoms with van der Waals surface area (Å²) in [6, 6.07) is 2.95. The van der Waals surface area contributed by atoms with Gasteiger partial charge in [0.2, 0.25) is 10.0 Å². The van der Waals surface area contributed by atoms with E-state index in [1.807, 2.05) is 0 Å². The summed E-state index contributed by atoms with van der Waals surface area (Å²) in [5.74, 6) is -2.20. The molecule has 0 fully saturated rings. The van der Waals surface area contributed by atoms with E-state index in [4.69, 9.17) is 5.73 Å². The number of hydrogen-bond donors (Lipinski definition) is 1. The fourth-order valence-corrected chi connectivity index (χ4v) is 3.10. The van der Waals surface area contributed by atoms with Gasteiger partial charge in [0, 0.05) is 13.6 Å². The zero-order valence-electron chi connectivity index (χ0n) is 11.2. The van der Waals surface area contributed by atoms with Crippen LogP contribution in [-0.2, 0) is 10.0 Å². The Morgan fingerprint density at radius 1 is 1.26 bits per heavy atom. The van der Waals surface area contributed by atoms with Crippen LogP contribution in [0.5, 0.6) is 0 Å². The molecule has 108 valence electrons. The maximum atomic E-state index is 13.6. The van der Waals surface area contributed by atoms with Crippen molar-refractivity contribution in [1.82, 2.24) is 4.31 Å². The van der Waals surface area contributed by atoms with Crippen LogP contribution in [-0.4, -0.2) is 32.9 Å². The van der Waals surface area contributed by atoms with Crippen molar-refractivity contribution in [3.05, 3.63) is 29.8 Å². The van der Waals surface area contributed by atoms with Crippen molar-refractivity contribution in [2.45, 2.75) is 18.7 Å². The molecule has 0 bridgehead atoms. The second kappa shape index (κ2) is 5.52. The Balaban J connectivity index is 3.18. The predicted molar refractivity (Wildman–Crippen MR) is 69.0 cm³/mol. The second-order valence-corrected chi connectivity index (χ2v) is 7.16. The van der Waals surface area contributed by atoms with Gasteiger partial charge in [-0.15, -0.1) is 0 Å². The van der Waals surface area contributed by atoms with Gasteiger partial charge in [-0.3, -0.25) is 0 Å². The van der Waals surface area contributed by atoms with Gasteiger partial charge in [-0.05, 0) is 24.1 Å². The first-order valence-corrected chi connectivity index (χ1v) is 7.16. The van der Waals surface area contributed by atoms with Crippen molar-refractivity contribution in [2.24, 2.45) is 11.1 Å². The van der Waals surface area contributed by atoms with Gasteiger partial charge in [0.1, 0.15) is 11.6 Å². The lowest BCUT2D eigenvalue weighted by atomic mass is 9.94. The molecule has 19 heavy (non-hydrogen) atoms. The lowest BCUT2D eigenvalue weighted by Gasteiger charge is -2.28. The maximum absolute atomic E-state index is 13.6. The second-order valence-electron chi connectivity index (χ2n) is 5.18. The molecule has 0 aliphatic heterocycles. The first kappa shape index (κ1) is 16.0. The van der Waals surface area contributed by atoms with E-state index in [-0.39, 0.29) is 13.1 Å². The van der Waals surface area contributed by atoms with E-state index in [1.54, 1.807) is 13.8 Å². The third-order valence-electron chi connectivity index (χ3n) is 2.79. The number of sulfonamides is 1. The molecule has 0 unspecified atom stereocenters. The molecule has 2 N–H and O–H groups in total.